The molecule has 2 aromatic heterocycles. The third-order valence-corrected chi connectivity index (χ3v) is 9.94. The highest BCUT2D eigenvalue weighted by molar-refractivity contribution is 5.87. The highest BCUT2D eigenvalue weighted by atomic mass is 16.5. The average Bonchev–Trinajstić information content (AvgIpc) is 3.28. The number of pyridine rings is 1. The highest BCUT2D eigenvalue weighted by Crippen LogP contribution is 2.39. The number of H-pyrrole nitrogens is 1. The first-order valence-electron chi connectivity index (χ1n) is 18.4. The molecule has 0 saturated heterocycles. The molecule has 0 aliphatic rings. The van der Waals surface area contributed by atoms with Crippen molar-refractivity contribution in [3.8, 4) is 45.6 Å². The van der Waals surface area contributed by atoms with Crippen LogP contribution in [0, 0.1) is 0 Å². The fourth-order valence-corrected chi connectivity index (χ4v) is 6.88. The molecule has 0 bridgehead atoms. The maximum absolute atomic E-state index is 13.6. The van der Waals surface area contributed by atoms with Crippen molar-refractivity contribution in [2.75, 3.05) is 38.2 Å². The van der Waals surface area contributed by atoms with Crippen molar-refractivity contribution in [1.29, 1.82) is 0 Å². The first-order chi connectivity index (χ1) is 28.3. The third-order valence-electron chi connectivity index (χ3n) is 9.94. The molecule has 1 N–H and O–H groups in total. The lowest BCUT2D eigenvalue weighted by Gasteiger charge is -2.26. The zero-order valence-corrected chi connectivity index (χ0v) is 32.3. The molecule has 10 heteroatoms. The predicted molar refractivity (Wildman–Crippen MR) is 230 cm³/mol. The molecule has 0 unspecified atom stereocenters. The van der Waals surface area contributed by atoms with Crippen molar-refractivity contribution in [3.05, 3.63) is 178 Å². The van der Waals surface area contributed by atoms with Gasteiger partial charge in [0.25, 0.3) is 5.56 Å². The van der Waals surface area contributed by atoms with Gasteiger partial charge in [-0.3, -0.25) is 4.79 Å². The molecule has 6 aromatic carbocycles. The maximum Gasteiger partial charge on any atom is 0.344 e. The Balaban J connectivity index is 1.09. The van der Waals surface area contributed by atoms with E-state index in [0.717, 1.165) is 62.7 Å². The monoisotopic (exact) mass is 769 g/mol. The Morgan fingerprint density at radius 3 is 1.09 bits per heavy atom. The number of ether oxygens (including phenoxy) is 4. The van der Waals surface area contributed by atoms with Gasteiger partial charge in [-0.1, -0.05) is 12.1 Å². The molecule has 8 aromatic rings. The standard InChI is InChI=1S/C48H39N3O7/c1-54-39-21-13-35(14-22-39)50(36-15-23-40(55-2)24-16-36)33-9-5-31(6-10-33)45-29-44-43(47(52)49-45)30-46(58-48(44)53)32-7-11-34(12-8-32)51(37-17-25-41(56-3)26-18-37)38-19-27-42(57-4)28-20-38/h5-30H,1-4H3,(H,49,52). The Hall–Kier alpha value is -7.72. The van der Waals surface area contributed by atoms with Gasteiger partial charge in [-0.05, 0) is 151 Å². The van der Waals surface area contributed by atoms with E-state index in [-0.39, 0.29) is 16.5 Å². The van der Waals surface area contributed by atoms with Gasteiger partial charge in [-0.25, -0.2) is 4.79 Å². The minimum Gasteiger partial charge on any atom is -0.497 e. The maximum atomic E-state index is 13.6. The average molecular weight is 770 g/mol. The summed E-state index contributed by atoms with van der Waals surface area (Å²) in [5, 5.41) is 0.422. The zero-order valence-electron chi connectivity index (χ0n) is 32.3. The Bertz CT molecular complexity index is 2490. The normalized spacial score (nSPS) is 10.9. The van der Waals surface area contributed by atoms with Crippen LogP contribution in [0.5, 0.6) is 23.0 Å². The topological polar surface area (TPSA) is 106 Å². The number of rotatable bonds is 12. The number of nitrogens with one attached hydrogen (secondary N) is 1. The Labute approximate surface area is 334 Å². The summed E-state index contributed by atoms with van der Waals surface area (Å²) in [6.07, 6.45) is 0. The van der Waals surface area contributed by atoms with E-state index in [9.17, 15) is 9.59 Å². The first-order valence-corrected chi connectivity index (χ1v) is 18.4. The lowest BCUT2D eigenvalue weighted by molar-refractivity contribution is 0.414. The van der Waals surface area contributed by atoms with Crippen LogP contribution >= 0.6 is 0 Å². The van der Waals surface area contributed by atoms with E-state index in [1.54, 1.807) is 40.6 Å². The number of nitrogens with zero attached hydrogens (tertiary/aromatic N) is 2. The Morgan fingerprint density at radius 2 is 0.741 bits per heavy atom. The molecule has 8 rings (SSSR count). The lowest BCUT2D eigenvalue weighted by Crippen LogP contribution is -2.13. The van der Waals surface area contributed by atoms with Gasteiger partial charge >= 0.3 is 5.63 Å². The van der Waals surface area contributed by atoms with Gasteiger partial charge in [-0.15, -0.1) is 0 Å². The Kier molecular flexibility index (Phi) is 10.4. The second-order valence-electron chi connectivity index (χ2n) is 13.3. The predicted octanol–water partition coefficient (Wildman–Crippen LogP) is 10.8. The fraction of sp³-hybridized carbons (Fsp3) is 0.0833. The van der Waals surface area contributed by atoms with Crippen LogP contribution in [0.3, 0.4) is 0 Å². The molecule has 0 saturated carbocycles. The van der Waals surface area contributed by atoms with Crippen molar-refractivity contribution < 1.29 is 23.4 Å². The SMILES string of the molecule is COc1ccc(N(c2ccc(OC)cc2)c2ccc(-c3cc4c(=O)oc(-c5ccc(N(c6ccc(OC)cc6)c6ccc(OC)cc6)cc5)cc4c(=O)[nH]3)cc2)cc1. The summed E-state index contributed by atoms with van der Waals surface area (Å²) in [4.78, 5) is 34.3. The third kappa shape index (κ3) is 7.46. The smallest absolute Gasteiger partial charge is 0.344 e. The van der Waals surface area contributed by atoms with E-state index in [2.05, 4.69) is 14.8 Å². The summed E-state index contributed by atoms with van der Waals surface area (Å²) in [6, 6.07) is 49.8. The van der Waals surface area contributed by atoms with Crippen LogP contribution in [0.4, 0.5) is 34.1 Å². The van der Waals surface area contributed by atoms with Crippen molar-refractivity contribution in [1.82, 2.24) is 4.98 Å². The van der Waals surface area contributed by atoms with E-state index in [1.807, 2.05) is 146 Å². The van der Waals surface area contributed by atoms with Crippen molar-refractivity contribution in [2.24, 2.45) is 0 Å². The Morgan fingerprint density at radius 1 is 0.414 bits per heavy atom. The second kappa shape index (κ2) is 16.2. The number of aromatic amines is 1. The van der Waals surface area contributed by atoms with Crippen LogP contribution < -0.4 is 39.9 Å². The molecule has 10 nitrogen and oxygen atoms in total. The molecular weight excluding hydrogens is 731 g/mol. The molecule has 0 spiro atoms. The van der Waals surface area contributed by atoms with Crippen LogP contribution in [0.2, 0.25) is 0 Å². The molecule has 288 valence electrons. The van der Waals surface area contributed by atoms with Crippen LogP contribution in [-0.2, 0) is 0 Å². The number of methoxy groups -OCH3 is 4. The number of anilines is 6. The molecule has 0 fully saturated rings. The van der Waals surface area contributed by atoms with Crippen LogP contribution in [0.1, 0.15) is 0 Å². The van der Waals surface area contributed by atoms with Gasteiger partial charge in [0.05, 0.1) is 39.2 Å². The molecule has 0 aliphatic carbocycles. The molecular formula is C48H39N3O7. The van der Waals surface area contributed by atoms with E-state index in [1.165, 1.54) is 0 Å². The van der Waals surface area contributed by atoms with Crippen LogP contribution in [0.25, 0.3) is 33.4 Å². The van der Waals surface area contributed by atoms with Crippen molar-refractivity contribution >= 4 is 44.9 Å². The van der Waals surface area contributed by atoms with E-state index in [4.69, 9.17) is 23.4 Å². The summed E-state index contributed by atoms with van der Waals surface area (Å²) in [5.74, 6) is 3.28. The zero-order chi connectivity index (χ0) is 40.2. The molecule has 0 aliphatic heterocycles. The summed E-state index contributed by atoms with van der Waals surface area (Å²) in [5.41, 5.74) is 6.29. The molecule has 0 radical (unpaired) electrons. The summed E-state index contributed by atoms with van der Waals surface area (Å²) < 4.78 is 27.4. The van der Waals surface area contributed by atoms with Gasteiger partial charge < -0.3 is 38.1 Å². The molecule has 0 amide bonds. The van der Waals surface area contributed by atoms with Gasteiger partial charge in [-0.2, -0.15) is 0 Å². The number of benzene rings is 6. The van der Waals surface area contributed by atoms with Crippen molar-refractivity contribution in [2.45, 2.75) is 0 Å². The summed E-state index contributed by atoms with van der Waals surface area (Å²) in [7, 11) is 6.54. The number of hydrogen-bond donors (Lipinski definition) is 1. The first kappa shape index (κ1) is 37.2. The minimum absolute atomic E-state index is 0.187. The van der Waals surface area contributed by atoms with Crippen LogP contribution in [-0.4, -0.2) is 33.4 Å². The van der Waals surface area contributed by atoms with Gasteiger partial charge in [0, 0.05) is 45.4 Å². The number of fused-ring (bicyclic) bond motifs is 1. The fourth-order valence-electron chi connectivity index (χ4n) is 6.88. The number of aromatic nitrogens is 1. The minimum atomic E-state index is -0.608. The van der Waals surface area contributed by atoms with E-state index in [0.29, 0.717) is 11.3 Å². The largest absolute Gasteiger partial charge is 0.497 e. The number of hydrogen-bond acceptors (Lipinski definition) is 9. The van der Waals surface area contributed by atoms with Gasteiger partial charge in [0.15, 0.2) is 0 Å². The molecule has 0 atom stereocenters. The highest BCUT2D eigenvalue weighted by Gasteiger charge is 2.17. The van der Waals surface area contributed by atoms with Crippen LogP contribution in [0.15, 0.2) is 172 Å². The quantitative estimate of drug-likeness (QED) is 0.130. The summed E-state index contributed by atoms with van der Waals surface area (Å²) in [6.45, 7) is 0. The van der Waals surface area contributed by atoms with Crippen molar-refractivity contribution in [3.63, 3.8) is 0 Å². The molecule has 58 heavy (non-hydrogen) atoms. The lowest BCUT2D eigenvalue weighted by atomic mass is 10.1. The second-order valence-corrected chi connectivity index (χ2v) is 13.3. The van der Waals surface area contributed by atoms with Gasteiger partial charge in [0.2, 0.25) is 0 Å². The van der Waals surface area contributed by atoms with Gasteiger partial charge in [0.1, 0.15) is 28.8 Å². The molecule has 2 heterocycles. The van der Waals surface area contributed by atoms with E-state index >= 15 is 0 Å². The summed E-state index contributed by atoms with van der Waals surface area (Å²) >= 11 is 0. The van der Waals surface area contributed by atoms with E-state index < -0.39 is 11.2 Å².